The third kappa shape index (κ3) is 4.86. The fourth-order valence-electron chi connectivity index (χ4n) is 2.69. The largest absolute Gasteiger partial charge is 0.466 e. The number of piperidine rings is 1. The van der Waals surface area contributed by atoms with Crippen molar-refractivity contribution < 1.29 is 14.3 Å². The van der Waals surface area contributed by atoms with E-state index in [4.69, 9.17) is 16.3 Å². The van der Waals surface area contributed by atoms with Gasteiger partial charge in [0.25, 0.3) is 0 Å². The highest BCUT2D eigenvalue weighted by Crippen LogP contribution is 2.20. The number of carbonyl (C=O) groups is 2. The molecule has 6 heteroatoms. The highest BCUT2D eigenvalue weighted by Gasteiger charge is 2.28. The first-order valence-corrected chi connectivity index (χ1v) is 8.36. The molecule has 1 aliphatic rings. The van der Waals surface area contributed by atoms with Crippen molar-refractivity contribution in [3.8, 4) is 0 Å². The number of ether oxygens (including phenoxy) is 1. The second kappa shape index (κ2) is 8.20. The third-order valence-electron chi connectivity index (χ3n) is 4.11. The van der Waals surface area contributed by atoms with Crippen molar-refractivity contribution in [3.05, 3.63) is 34.9 Å². The van der Waals surface area contributed by atoms with Crippen LogP contribution in [0.2, 0.25) is 5.02 Å². The summed E-state index contributed by atoms with van der Waals surface area (Å²) in [5, 5.41) is 3.66. The lowest BCUT2D eigenvalue weighted by atomic mass is 9.97. The molecule has 1 aliphatic heterocycles. The summed E-state index contributed by atoms with van der Waals surface area (Å²) in [5.41, 5.74) is 1.00. The van der Waals surface area contributed by atoms with E-state index >= 15 is 0 Å². The van der Waals surface area contributed by atoms with Gasteiger partial charge >= 0.3 is 12.0 Å². The van der Waals surface area contributed by atoms with Gasteiger partial charge in [-0.2, -0.15) is 0 Å². The Kier molecular flexibility index (Phi) is 6.28. The second-order valence-electron chi connectivity index (χ2n) is 5.74. The van der Waals surface area contributed by atoms with Crippen LogP contribution >= 0.6 is 11.6 Å². The summed E-state index contributed by atoms with van der Waals surface area (Å²) < 4.78 is 5.04. The second-order valence-corrected chi connectivity index (χ2v) is 6.17. The lowest BCUT2D eigenvalue weighted by molar-refractivity contribution is -0.149. The first-order chi connectivity index (χ1) is 11.0. The van der Waals surface area contributed by atoms with Crippen LogP contribution in [0.3, 0.4) is 0 Å². The maximum Gasteiger partial charge on any atom is 0.317 e. The standard InChI is InChI=1S/C17H23ClN2O3/c1-3-23-16(21)14-8-10-20(11-9-14)17(22)19-12(2)13-4-6-15(18)7-5-13/h4-7,12,14H,3,8-11H2,1-2H3,(H,19,22). The molecule has 1 heterocycles. The van der Waals surface area contributed by atoms with Gasteiger partial charge < -0.3 is 15.0 Å². The lowest BCUT2D eigenvalue weighted by Gasteiger charge is -2.31. The van der Waals surface area contributed by atoms with Gasteiger partial charge in [-0.1, -0.05) is 23.7 Å². The zero-order valence-electron chi connectivity index (χ0n) is 13.5. The Bertz CT molecular complexity index is 539. The summed E-state index contributed by atoms with van der Waals surface area (Å²) in [5.74, 6) is -0.241. The predicted octanol–water partition coefficient (Wildman–Crippen LogP) is 3.39. The average Bonchev–Trinajstić information content (AvgIpc) is 2.55. The Morgan fingerprint density at radius 1 is 1.30 bits per heavy atom. The van der Waals surface area contributed by atoms with Crippen molar-refractivity contribution in [3.63, 3.8) is 0 Å². The number of likely N-dealkylation sites (tertiary alicyclic amines) is 1. The minimum atomic E-state index is -0.151. The van der Waals surface area contributed by atoms with Gasteiger partial charge in [0, 0.05) is 18.1 Å². The first-order valence-electron chi connectivity index (χ1n) is 7.98. The zero-order valence-corrected chi connectivity index (χ0v) is 14.3. The fourth-order valence-corrected chi connectivity index (χ4v) is 2.82. The van der Waals surface area contributed by atoms with Gasteiger partial charge in [0.1, 0.15) is 0 Å². The van der Waals surface area contributed by atoms with E-state index in [1.54, 1.807) is 11.8 Å². The topological polar surface area (TPSA) is 58.6 Å². The molecule has 1 N–H and O–H groups in total. The molecule has 5 nitrogen and oxygen atoms in total. The van der Waals surface area contributed by atoms with Crippen LogP contribution in [0.15, 0.2) is 24.3 Å². The molecule has 23 heavy (non-hydrogen) atoms. The highest BCUT2D eigenvalue weighted by atomic mass is 35.5. The van der Waals surface area contributed by atoms with E-state index in [2.05, 4.69) is 5.32 Å². The number of hydrogen-bond donors (Lipinski definition) is 1. The van der Waals surface area contributed by atoms with Crippen LogP contribution in [0.25, 0.3) is 0 Å². The van der Waals surface area contributed by atoms with Gasteiger partial charge in [0.15, 0.2) is 0 Å². The van der Waals surface area contributed by atoms with E-state index in [9.17, 15) is 9.59 Å². The van der Waals surface area contributed by atoms with Crippen LogP contribution in [0.4, 0.5) is 4.79 Å². The van der Waals surface area contributed by atoms with E-state index in [1.807, 2.05) is 31.2 Å². The summed E-state index contributed by atoms with van der Waals surface area (Å²) in [6.07, 6.45) is 1.31. The normalized spacial score (nSPS) is 16.7. The number of hydrogen-bond acceptors (Lipinski definition) is 3. The monoisotopic (exact) mass is 338 g/mol. The first kappa shape index (κ1) is 17.6. The molecule has 0 spiro atoms. The minimum Gasteiger partial charge on any atom is -0.466 e. The molecule has 1 aromatic carbocycles. The van der Waals surface area contributed by atoms with E-state index in [-0.39, 0.29) is 24.0 Å². The summed E-state index contributed by atoms with van der Waals surface area (Å²) in [6.45, 7) is 5.29. The van der Waals surface area contributed by atoms with Crippen LogP contribution in [-0.4, -0.2) is 36.6 Å². The maximum absolute atomic E-state index is 12.3. The van der Waals surface area contributed by atoms with Crippen molar-refractivity contribution >= 4 is 23.6 Å². The number of esters is 1. The molecular weight excluding hydrogens is 316 g/mol. The predicted molar refractivity (Wildman–Crippen MR) is 89.3 cm³/mol. The molecule has 0 aliphatic carbocycles. The molecule has 2 amide bonds. The molecule has 1 saturated heterocycles. The number of halogens is 1. The Labute approximate surface area is 141 Å². The Morgan fingerprint density at radius 3 is 2.48 bits per heavy atom. The van der Waals surface area contributed by atoms with Crippen LogP contribution in [0.5, 0.6) is 0 Å². The van der Waals surface area contributed by atoms with Gasteiger partial charge in [-0.25, -0.2) is 4.79 Å². The quantitative estimate of drug-likeness (QED) is 0.856. The number of benzene rings is 1. The Balaban J connectivity index is 1.83. The fraction of sp³-hybridized carbons (Fsp3) is 0.529. The molecule has 1 fully saturated rings. The molecule has 0 aromatic heterocycles. The van der Waals surface area contributed by atoms with Gasteiger partial charge in [0.05, 0.1) is 18.6 Å². The Hall–Kier alpha value is -1.75. The number of urea groups is 1. The summed E-state index contributed by atoms with van der Waals surface area (Å²) in [4.78, 5) is 25.8. The van der Waals surface area contributed by atoms with Gasteiger partial charge in [-0.05, 0) is 44.4 Å². The summed E-state index contributed by atoms with van der Waals surface area (Å²) in [6, 6.07) is 7.23. The van der Waals surface area contributed by atoms with E-state index in [1.165, 1.54) is 0 Å². The van der Waals surface area contributed by atoms with Crippen molar-refractivity contribution in [2.75, 3.05) is 19.7 Å². The summed E-state index contributed by atoms with van der Waals surface area (Å²) in [7, 11) is 0. The molecule has 0 saturated carbocycles. The van der Waals surface area contributed by atoms with Crippen LogP contribution in [0.1, 0.15) is 38.3 Å². The van der Waals surface area contributed by atoms with E-state index < -0.39 is 0 Å². The number of amides is 2. The number of carbonyl (C=O) groups excluding carboxylic acids is 2. The molecule has 0 radical (unpaired) electrons. The SMILES string of the molecule is CCOC(=O)C1CCN(C(=O)NC(C)c2ccc(Cl)cc2)CC1. The van der Waals surface area contributed by atoms with Crippen LogP contribution < -0.4 is 5.32 Å². The van der Waals surface area contributed by atoms with Crippen LogP contribution in [-0.2, 0) is 9.53 Å². The van der Waals surface area contributed by atoms with Crippen molar-refractivity contribution in [1.82, 2.24) is 10.2 Å². The lowest BCUT2D eigenvalue weighted by Crippen LogP contribution is -2.46. The molecule has 0 bridgehead atoms. The third-order valence-corrected chi connectivity index (χ3v) is 4.36. The molecule has 1 unspecified atom stereocenters. The Morgan fingerprint density at radius 2 is 1.91 bits per heavy atom. The molecule has 2 rings (SSSR count). The van der Waals surface area contributed by atoms with E-state index in [0.717, 1.165) is 5.56 Å². The van der Waals surface area contributed by atoms with Gasteiger partial charge in [-0.15, -0.1) is 0 Å². The van der Waals surface area contributed by atoms with Gasteiger partial charge in [-0.3, -0.25) is 4.79 Å². The minimum absolute atomic E-state index is 0.0901. The van der Waals surface area contributed by atoms with Crippen LogP contribution in [0, 0.1) is 5.92 Å². The number of nitrogens with zero attached hydrogens (tertiary/aromatic N) is 1. The molecule has 1 aromatic rings. The van der Waals surface area contributed by atoms with E-state index in [0.29, 0.717) is 37.6 Å². The van der Waals surface area contributed by atoms with Crippen molar-refractivity contribution in [1.29, 1.82) is 0 Å². The van der Waals surface area contributed by atoms with Crippen molar-refractivity contribution in [2.45, 2.75) is 32.7 Å². The summed E-state index contributed by atoms with van der Waals surface area (Å²) >= 11 is 5.87. The van der Waals surface area contributed by atoms with Gasteiger partial charge in [0.2, 0.25) is 0 Å². The maximum atomic E-state index is 12.3. The molecule has 126 valence electrons. The van der Waals surface area contributed by atoms with Crippen molar-refractivity contribution in [2.24, 2.45) is 5.92 Å². The smallest absolute Gasteiger partial charge is 0.317 e. The highest BCUT2D eigenvalue weighted by molar-refractivity contribution is 6.30. The number of nitrogens with one attached hydrogen (secondary N) is 1. The zero-order chi connectivity index (χ0) is 16.8. The molecular formula is C17H23ClN2O3. The number of rotatable bonds is 4. The average molecular weight is 339 g/mol. The molecule has 1 atom stereocenters.